The first-order valence-corrected chi connectivity index (χ1v) is 11.8. The number of aryl methyl sites for hydroxylation is 1. The van der Waals surface area contributed by atoms with Gasteiger partial charge >= 0.3 is 6.18 Å². The summed E-state index contributed by atoms with van der Waals surface area (Å²) < 4.78 is 41.7. The summed E-state index contributed by atoms with van der Waals surface area (Å²) in [5.41, 5.74) is 3.64. The highest BCUT2D eigenvalue weighted by atomic mass is 32.1. The number of halogens is 3. The lowest BCUT2D eigenvalue weighted by molar-refractivity contribution is -0.147. The van der Waals surface area contributed by atoms with Crippen LogP contribution in [0.5, 0.6) is 0 Å². The molecular weight excluding hydrogens is 501 g/mol. The van der Waals surface area contributed by atoms with Gasteiger partial charge in [-0.15, -0.1) is 5.10 Å². The molecule has 4 aromatic rings. The Kier molecular flexibility index (Phi) is 7.49. The van der Waals surface area contributed by atoms with E-state index >= 15 is 0 Å². The van der Waals surface area contributed by atoms with Gasteiger partial charge in [0, 0.05) is 18.8 Å². The van der Waals surface area contributed by atoms with E-state index in [-0.39, 0.29) is 29.0 Å². The number of nitrogens with zero attached hydrogens (tertiary/aromatic N) is 4. The van der Waals surface area contributed by atoms with Gasteiger partial charge in [0.1, 0.15) is 5.69 Å². The Balaban J connectivity index is 1.68. The maximum atomic E-state index is 13.3. The molecule has 10 heteroatoms. The SMILES string of the molecule is Cc1ccnc(C(=O)CC(=O)c2cc(Cc3ccccc3)cc(Cn3nc(C(F)(F)F)n(C)c3=S)c2)c1. The molecule has 0 fully saturated rings. The third-order valence-electron chi connectivity index (χ3n) is 5.77. The monoisotopic (exact) mass is 524 g/mol. The Morgan fingerprint density at radius 1 is 0.946 bits per heavy atom. The maximum absolute atomic E-state index is 13.3. The second-order valence-electron chi connectivity index (χ2n) is 8.76. The van der Waals surface area contributed by atoms with Crippen molar-refractivity contribution in [1.29, 1.82) is 0 Å². The quantitative estimate of drug-likeness (QED) is 0.166. The van der Waals surface area contributed by atoms with Gasteiger partial charge in [0.05, 0.1) is 13.0 Å². The molecule has 0 bridgehead atoms. The van der Waals surface area contributed by atoms with Crippen molar-refractivity contribution in [3.05, 3.63) is 111 Å². The second-order valence-corrected chi connectivity index (χ2v) is 9.13. The van der Waals surface area contributed by atoms with E-state index in [1.54, 1.807) is 30.3 Å². The molecule has 2 aromatic heterocycles. The standard InChI is InChI=1S/C27H23F3N4O2S/c1-17-8-9-31-22(10-17)24(36)15-23(35)21-13-19(11-18-6-4-3-5-7-18)12-20(14-21)16-34-26(37)33(2)25(32-34)27(28,29)30/h3-10,12-14H,11,15-16H2,1-2H3. The summed E-state index contributed by atoms with van der Waals surface area (Å²) in [6.07, 6.45) is -3.04. The van der Waals surface area contributed by atoms with E-state index in [1.165, 1.54) is 13.2 Å². The summed E-state index contributed by atoms with van der Waals surface area (Å²) in [6, 6.07) is 18.0. The molecule has 0 aliphatic heterocycles. The van der Waals surface area contributed by atoms with E-state index in [0.717, 1.165) is 25.9 Å². The third-order valence-corrected chi connectivity index (χ3v) is 6.26. The van der Waals surface area contributed by atoms with Crippen LogP contribution in [0.25, 0.3) is 0 Å². The average molecular weight is 525 g/mol. The lowest BCUT2D eigenvalue weighted by Crippen LogP contribution is -2.13. The number of rotatable bonds is 8. The maximum Gasteiger partial charge on any atom is 0.451 e. The molecular formula is C27H23F3N4O2S. The third kappa shape index (κ3) is 6.26. The molecule has 190 valence electrons. The van der Waals surface area contributed by atoms with Crippen LogP contribution in [0.3, 0.4) is 0 Å². The molecule has 0 aliphatic rings. The Labute approximate surface area is 216 Å². The highest BCUT2D eigenvalue weighted by Crippen LogP contribution is 2.28. The van der Waals surface area contributed by atoms with Crippen LogP contribution < -0.4 is 0 Å². The van der Waals surface area contributed by atoms with Crippen molar-refractivity contribution in [1.82, 2.24) is 19.3 Å². The van der Waals surface area contributed by atoms with E-state index in [2.05, 4.69) is 10.1 Å². The van der Waals surface area contributed by atoms with Crippen molar-refractivity contribution < 1.29 is 22.8 Å². The van der Waals surface area contributed by atoms with Crippen molar-refractivity contribution in [3.8, 4) is 0 Å². The highest BCUT2D eigenvalue weighted by molar-refractivity contribution is 7.71. The van der Waals surface area contributed by atoms with Crippen LogP contribution in [0.2, 0.25) is 0 Å². The molecule has 2 aromatic carbocycles. The first-order valence-electron chi connectivity index (χ1n) is 11.4. The number of ketones is 2. The zero-order valence-corrected chi connectivity index (χ0v) is 20.9. The molecule has 2 heterocycles. The Bertz CT molecular complexity index is 1520. The summed E-state index contributed by atoms with van der Waals surface area (Å²) in [7, 11) is 1.21. The minimum Gasteiger partial charge on any atom is -0.299 e. The average Bonchev–Trinajstić information content (AvgIpc) is 3.13. The number of carbonyl (C=O) groups excluding carboxylic acids is 2. The van der Waals surface area contributed by atoms with Crippen LogP contribution in [-0.2, 0) is 26.2 Å². The number of alkyl halides is 3. The van der Waals surface area contributed by atoms with Gasteiger partial charge in [-0.05, 0) is 72.1 Å². The van der Waals surface area contributed by atoms with Crippen LogP contribution in [0.15, 0.2) is 66.9 Å². The fourth-order valence-electron chi connectivity index (χ4n) is 3.99. The second kappa shape index (κ2) is 10.6. The number of pyridine rings is 1. The van der Waals surface area contributed by atoms with Gasteiger partial charge in [0.25, 0.3) is 0 Å². The number of benzene rings is 2. The van der Waals surface area contributed by atoms with Crippen molar-refractivity contribution in [2.75, 3.05) is 0 Å². The number of carbonyl (C=O) groups is 2. The highest BCUT2D eigenvalue weighted by Gasteiger charge is 2.37. The van der Waals surface area contributed by atoms with Crippen LogP contribution in [0, 0.1) is 11.7 Å². The zero-order valence-electron chi connectivity index (χ0n) is 20.1. The summed E-state index contributed by atoms with van der Waals surface area (Å²) in [5, 5.41) is 3.66. The first-order chi connectivity index (χ1) is 17.5. The molecule has 37 heavy (non-hydrogen) atoms. The molecule has 0 atom stereocenters. The summed E-state index contributed by atoms with van der Waals surface area (Å²) in [5.74, 6) is -1.93. The number of hydrogen-bond acceptors (Lipinski definition) is 5. The van der Waals surface area contributed by atoms with Gasteiger partial charge in [-0.1, -0.05) is 36.4 Å². The van der Waals surface area contributed by atoms with E-state index < -0.39 is 23.6 Å². The van der Waals surface area contributed by atoms with Gasteiger partial charge in [-0.25, -0.2) is 4.68 Å². The van der Waals surface area contributed by atoms with Crippen molar-refractivity contribution in [3.63, 3.8) is 0 Å². The Morgan fingerprint density at radius 2 is 1.65 bits per heavy atom. The van der Waals surface area contributed by atoms with Crippen LogP contribution in [-0.4, -0.2) is 30.9 Å². The topological polar surface area (TPSA) is 69.8 Å². The lowest BCUT2D eigenvalue weighted by atomic mass is 9.96. The first kappa shape index (κ1) is 26.2. The van der Waals surface area contributed by atoms with Gasteiger partial charge in [0.15, 0.2) is 16.3 Å². The predicted octanol–water partition coefficient (Wildman–Crippen LogP) is 5.77. The van der Waals surface area contributed by atoms with E-state index in [9.17, 15) is 22.8 Å². The van der Waals surface area contributed by atoms with Gasteiger partial charge in [0.2, 0.25) is 5.82 Å². The number of Topliss-reactive ketones (excluding diaryl/α,β-unsaturated/α-hetero) is 2. The summed E-state index contributed by atoms with van der Waals surface area (Å²) in [6.45, 7) is 1.76. The zero-order chi connectivity index (χ0) is 26.7. The van der Waals surface area contributed by atoms with Crippen molar-refractivity contribution in [2.45, 2.75) is 32.5 Å². The molecule has 0 saturated heterocycles. The predicted molar refractivity (Wildman–Crippen MR) is 134 cm³/mol. The van der Waals surface area contributed by atoms with E-state index in [1.807, 2.05) is 37.3 Å². The van der Waals surface area contributed by atoms with Crippen molar-refractivity contribution >= 4 is 23.8 Å². The molecule has 0 amide bonds. The number of hydrogen-bond donors (Lipinski definition) is 0. The van der Waals surface area contributed by atoms with Gasteiger partial charge < -0.3 is 0 Å². The normalized spacial score (nSPS) is 11.5. The molecule has 0 N–H and O–H groups in total. The fraction of sp³-hybridized carbons (Fsp3) is 0.222. The van der Waals surface area contributed by atoms with Gasteiger partial charge in [-0.2, -0.15) is 13.2 Å². The van der Waals surface area contributed by atoms with Gasteiger partial charge in [-0.3, -0.25) is 19.1 Å². The summed E-state index contributed by atoms with van der Waals surface area (Å²) in [4.78, 5) is 29.9. The van der Waals surface area contributed by atoms with Crippen LogP contribution in [0.1, 0.15) is 55.3 Å². The smallest absolute Gasteiger partial charge is 0.299 e. The molecule has 0 aliphatic carbocycles. The minimum absolute atomic E-state index is 0.0704. The van der Waals surface area contributed by atoms with E-state index in [0.29, 0.717) is 12.0 Å². The number of aromatic nitrogens is 4. The molecule has 0 spiro atoms. The fourth-order valence-corrected chi connectivity index (χ4v) is 4.18. The van der Waals surface area contributed by atoms with Crippen molar-refractivity contribution in [2.24, 2.45) is 7.05 Å². The molecule has 6 nitrogen and oxygen atoms in total. The molecule has 0 saturated carbocycles. The minimum atomic E-state index is -4.66. The molecule has 0 unspecified atom stereocenters. The molecule has 0 radical (unpaired) electrons. The van der Waals surface area contributed by atoms with Crippen LogP contribution >= 0.6 is 12.2 Å². The lowest BCUT2D eigenvalue weighted by Gasteiger charge is -2.10. The van der Waals surface area contributed by atoms with E-state index in [4.69, 9.17) is 12.2 Å². The van der Waals surface area contributed by atoms with Crippen LogP contribution in [0.4, 0.5) is 13.2 Å². The largest absolute Gasteiger partial charge is 0.451 e. The Hall–Kier alpha value is -3.92. The molecule has 4 rings (SSSR count). The summed E-state index contributed by atoms with van der Waals surface area (Å²) >= 11 is 5.17. The Morgan fingerprint density at radius 3 is 2.30 bits per heavy atom.